The molecule has 0 bridgehead atoms. The van der Waals surface area contributed by atoms with Gasteiger partial charge in [-0.15, -0.1) is 0 Å². The van der Waals surface area contributed by atoms with Crippen LogP contribution in [0.3, 0.4) is 0 Å². The third-order valence-electron chi connectivity index (χ3n) is 4.80. The summed E-state index contributed by atoms with van der Waals surface area (Å²) in [6.07, 6.45) is 4.21. The highest BCUT2D eigenvalue weighted by Crippen LogP contribution is 2.34. The van der Waals surface area contributed by atoms with Crippen LogP contribution < -0.4 is 9.47 Å². The van der Waals surface area contributed by atoms with E-state index in [0.29, 0.717) is 44.3 Å². The van der Waals surface area contributed by atoms with Crippen molar-refractivity contribution in [1.82, 2.24) is 19.2 Å². The highest BCUT2D eigenvalue weighted by molar-refractivity contribution is 7.89. The molecular formula is C17H22N4O4S. The molecule has 8 nitrogen and oxygen atoms in total. The topological polar surface area (TPSA) is 87.8 Å². The van der Waals surface area contributed by atoms with E-state index in [0.717, 1.165) is 12.2 Å². The molecule has 1 aromatic carbocycles. The van der Waals surface area contributed by atoms with Crippen molar-refractivity contribution in [2.75, 3.05) is 39.9 Å². The number of hydrogen-bond donors (Lipinski definition) is 1. The second-order valence-electron chi connectivity index (χ2n) is 6.49. The van der Waals surface area contributed by atoms with Gasteiger partial charge in [0, 0.05) is 44.5 Å². The molecule has 0 radical (unpaired) electrons. The van der Waals surface area contributed by atoms with Crippen LogP contribution in [0.1, 0.15) is 18.3 Å². The first-order valence-electron chi connectivity index (χ1n) is 8.65. The lowest BCUT2D eigenvalue weighted by molar-refractivity contribution is 0.142. The summed E-state index contributed by atoms with van der Waals surface area (Å²) in [4.78, 5) is 9.71. The Morgan fingerprint density at radius 1 is 1.19 bits per heavy atom. The van der Waals surface area contributed by atoms with Gasteiger partial charge < -0.3 is 14.5 Å². The molecule has 1 fully saturated rings. The predicted octanol–water partition coefficient (Wildman–Crippen LogP) is 1.25. The number of imidazole rings is 1. The summed E-state index contributed by atoms with van der Waals surface area (Å²) in [5, 5.41) is 0. The van der Waals surface area contributed by atoms with Gasteiger partial charge in [-0.05, 0) is 19.2 Å². The van der Waals surface area contributed by atoms with Gasteiger partial charge in [0.25, 0.3) is 0 Å². The lowest BCUT2D eigenvalue weighted by atomic mass is 10.2. The molecule has 0 spiro atoms. The minimum atomic E-state index is -3.63. The quantitative estimate of drug-likeness (QED) is 0.865. The zero-order valence-corrected chi connectivity index (χ0v) is 15.4. The third-order valence-corrected chi connectivity index (χ3v) is 6.66. The summed E-state index contributed by atoms with van der Waals surface area (Å²) in [6.45, 7) is 2.51. The molecule has 3 heterocycles. The molecule has 9 heteroatoms. The van der Waals surface area contributed by atoms with Crippen molar-refractivity contribution in [3.8, 4) is 11.5 Å². The number of aromatic amines is 1. The fraction of sp³-hybridized carbons (Fsp3) is 0.471. The number of H-pyrrole nitrogens is 1. The number of piperazine rings is 1. The van der Waals surface area contributed by atoms with E-state index in [9.17, 15) is 8.42 Å². The molecule has 0 amide bonds. The minimum Gasteiger partial charge on any atom is -0.490 e. The van der Waals surface area contributed by atoms with E-state index in [1.807, 2.05) is 7.05 Å². The van der Waals surface area contributed by atoms with Gasteiger partial charge in [0.2, 0.25) is 10.0 Å². The highest BCUT2D eigenvalue weighted by Gasteiger charge is 2.35. The Balaban J connectivity index is 1.61. The normalized spacial score (nSPS) is 22.1. The van der Waals surface area contributed by atoms with E-state index in [1.165, 1.54) is 4.31 Å². The van der Waals surface area contributed by atoms with Crippen molar-refractivity contribution in [3.05, 3.63) is 36.4 Å². The van der Waals surface area contributed by atoms with Crippen LogP contribution in [0.2, 0.25) is 0 Å². The van der Waals surface area contributed by atoms with Crippen molar-refractivity contribution in [3.63, 3.8) is 0 Å². The Morgan fingerprint density at radius 3 is 2.77 bits per heavy atom. The number of sulfonamides is 1. The Labute approximate surface area is 152 Å². The Kier molecular flexibility index (Phi) is 4.60. The molecule has 1 saturated heterocycles. The highest BCUT2D eigenvalue weighted by atomic mass is 32.2. The van der Waals surface area contributed by atoms with Crippen LogP contribution in [-0.2, 0) is 10.0 Å². The average molecular weight is 378 g/mol. The van der Waals surface area contributed by atoms with Gasteiger partial charge in [-0.2, -0.15) is 4.31 Å². The molecule has 1 N–H and O–H groups in total. The van der Waals surface area contributed by atoms with Gasteiger partial charge in [-0.1, -0.05) is 0 Å². The first-order valence-corrected chi connectivity index (χ1v) is 10.1. The van der Waals surface area contributed by atoms with Crippen molar-refractivity contribution < 1.29 is 17.9 Å². The maximum atomic E-state index is 13.2. The molecule has 2 aromatic rings. The first-order chi connectivity index (χ1) is 12.6. The van der Waals surface area contributed by atoms with Crippen LogP contribution in [0.25, 0.3) is 0 Å². The van der Waals surface area contributed by atoms with Crippen LogP contribution in [0.15, 0.2) is 35.5 Å². The van der Waals surface area contributed by atoms with Crippen LogP contribution in [0.4, 0.5) is 0 Å². The summed E-state index contributed by atoms with van der Waals surface area (Å²) >= 11 is 0. The van der Waals surface area contributed by atoms with Gasteiger partial charge in [0.05, 0.1) is 24.2 Å². The number of fused-ring (bicyclic) bond motifs is 1. The largest absolute Gasteiger partial charge is 0.490 e. The number of ether oxygens (including phenoxy) is 2. The minimum absolute atomic E-state index is 0.103. The average Bonchev–Trinajstić information content (AvgIpc) is 3.06. The van der Waals surface area contributed by atoms with E-state index in [-0.39, 0.29) is 10.9 Å². The number of hydrogen-bond acceptors (Lipinski definition) is 6. The van der Waals surface area contributed by atoms with Gasteiger partial charge in [-0.25, -0.2) is 13.4 Å². The van der Waals surface area contributed by atoms with E-state index < -0.39 is 10.0 Å². The van der Waals surface area contributed by atoms with E-state index >= 15 is 0 Å². The number of nitrogens with one attached hydrogen (secondary N) is 1. The lowest BCUT2D eigenvalue weighted by Gasteiger charge is -2.37. The number of nitrogens with zero attached hydrogens (tertiary/aromatic N) is 3. The Morgan fingerprint density at radius 2 is 2.00 bits per heavy atom. The molecule has 0 unspecified atom stereocenters. The standard InChI is InChI=1S/C17H22N4O4S/c1-20-7-8-21(12-14(20)17-18-5-6-19-17)26(22,23)13-3-4-15-16(11-13)25-10-2-9-24-15/h3-6,11,14H,2,7-10,12H2,1H3,(H,18,19)/t14-/m0/s1. The molecule has 0 saturated carbocycles. The SMILES string of the molecule is CN1CCN(S(=O)(=O)c2ccc3c(c2)OCCCO3)C[C@H]1c1ncc[nH]1. The number of benzene rings is 1. The van der Waals surface area contributed by atoms with Crippen molar-refractivity contribution in [2.45, 2.75) is 17.4 Å². The smallest absolute Gasteiger partial charge is 0.243 e. The molecule has 140 valence electrons. The van der Waals surface area contributed by atoms with Gasteiger partial charge in [0.1, 0.15) is 5.82 Å². The van der Waals surface area contributed by atoms with Crippen molar-refractivity contribution in [2.24, 2.45) is 0 Å². The zero-order chi connectivity index (χ0) is 18.1. The summed E-state index contributed by atoms with van der Waals surface area (Å²) < 4.78 is 39.1. The molecule has 0 aliphatic carbocycles. The monoisotopic (exact) mass is 378 g/mol. The van der Waals surface area contributed by atoms with E-state index in [2.05, 4.69) is 14.9 Å². The maximum Gasteiger partial charge on any atom is 0.243 e. The molecule has 26 heavy (non-hydrogen) atoms. The fourth-order valence-electron chi connectivity index (χ4n) is 3.28. The van der Waals surface area contributed by atoms with E-state index in [1.54, 1.807) is 30.6 Å². The van der Waals surface area contributed by atoms with Crippen molar-refractivity contribution in [1.29, 1.82) is 0 Å². The summed E-state index contributed by atoms with van der Waals surface area (Å²) in [6, 6.07) is 4.72. The van der Waals surface area contributed by atoms with Crippen LogP contribution in [-0.4, -0.2) is 67.5 Å². The molecule has 1 atom stereocenters. The molecule has 1 aromatic heterocycles. The predicted molar refractivity (Wildman–Crippen MR) is 94.8 cm³/mol. The molecule has 2 aliphatic rings. The van der Waals surface area contributed by atoms with Gasteiger partial charge in [0.15, 0.2) is 11.5 Å². The summed E-state index contributed by atoms with van der Waals surface area (Å²) in [7, 11) is -1.65. The second-order valence-corrected chi connectivity index (χ2v) is 8.43. The molecular weight excluding hydrogens is 356 g/mol. The fourth-order valence-corrected chi connectivity index (χ4v) is 4.73. The number of aromatic nitrogens is 2. The molecule has 4 rings (SSSR count). The van der Waals surface area contributed by atoms with E-state index in [4.69, 9.17) is 9.47 Å². The first kappa shape index (κ1) is 17.3. The van der Waals surface area contributed by atoms with Crippen LogP contribution in [0, 0.1) is 0 Å². The van der Waals surface area contributed by atoms with Gasteiger partial charge >= 0.3 is 0 Å². The zero-order valence-electron chi connectivity index (χ0n) is 14.6. The lowest BCUT2D eigenvalue weighted by Crippen LogP contribution is -2.49. The Hall–Kier alpha value is -2.10. The number of likely N-dealkylation sites (N-methyl/N-ethyl adjacent to an activating group) is 1. The Bertz CT molecular complexity index is 869. The van der Waals surface area contributed by atoms with Gasteiger partial charge in [-0.3, -0.25) is 4.90 Å². The van der Waals surface area contributed by atoms with Crippen molar-refractivity contribution >= 4 is 10.0 Å². The summed E-state index contributed by atoms with van der Waals surface area (Å²) in [5.41, 5.74) is 0. The molecule has 2 aliphatic heterocycles. The summed E-state index contributed by atoms with van der Waals surface area (Å²) in [5.74, 6) is 1.85. The number of rotatable bonds is 3. The third kappa shape index (κ3) is 3.17. The van der Waals surface area contributed by atoms with Crippen LogP contribution >= 0.6 is 0 Å². The maximum absolute atomic E-state index is 13.2. The second kappa shape index (κ2) is 6.90. The van der Waals surface area contributed by atoms with Crippen LogP contribution in [0.5, 0.6) is 11.5 Å².